The van der Waals surface area contributed by atoms with Crippen molar-refractivity contribution in [1.82, 2.24) is 27.4 Å². The second-order valence-corrected chi connectivity index (χ2v) is 12.3. The molecule has 3 saturated carbocycles. The van der Waals surface area contributed by atoms with Crippen molar-refractivity contribution in [2.45, 2.75) is 116 Å². The van der Waals surface area contributed by atoms with Crippen LogP contribution in [0.25, 0.3) is 0 Å². The van der Waals surface area contributed by atoms with E-state index < -0.39 is 22.5 Å². The Morgan fingerprint density at radius 1 is 0.571 bits per heavy atom. The molecule has 3 fully saturated rings. The van der Waals surface area contributed by atoms with E-state index in [0.29, 0.717) is 32.5 Å². The van der Waals surface area contributed by atoms with Crippen molar-refractivity contribution in [2.24, 2.45) is 10.4 Å². The van der Waals surface area contributed by atoms with Crippen LogP contribution in [0, 0.1) is 9.81 Å². The van der Waals surface area contributed by atoms with Gasteiger partial charge in [0.2, 0.25) is 11.4 Å². The minimum Gasteiger partial charge on any atom is -0.385 e. The van der Waals surface area contributed by atoms with E-state index >= 15 is 0 Å². The minimum absolute atomic E-state index is 0.0980. The predicted octanol–water partition coefficient (Wildman–Crippen LogP) is 1.81. The second kappa shape index (κ2) is 15.2. The van der Waals surface area contributed by atoms with Crippen LogP contribution in [-0.4, -0.2) is 27.4 Å². The predicted molar refractivity (Wildman–Crippen MR) is 185 cm³/mol. The van der Waals surface area contributed by atoms with E-state index in [1.54, 1.807) is 0 Å². The molecule has 0 saturated heterocycles. The average molecular weight is 686 g/mol. The zero-order valence-electron chi connectivity index (χ0n) is 27.9. The molecule has 0 aromatic carbocycles. The lowest BCUT2D eigenvalue weighted by atomic mass is 10.4. The third-order valence-corrected chi connectivity index (χ3v) is 8.30. The first-order valence-corrected chi connectivity index (χ1v) is 16.5. The number of nitrogen functional groups attached to an aromatic ring is 3. The smallest absolute Gasteiger partial charge is 0.332 e. The molecule has 19 heteroatoms. The third-order valence-electron chi connectivity index (χ3n) is 8.30. The van der Waals surface area contributed by atoms with Crippen LogP contribution >= 0.6 is 0 Å². The molecule has 3 aliphatic carbocycles. The quantitative estimate of drug-likeness (QED) is 0.245. The van der Waals surface area contributed by atoms with Gasteiger partial charge in [-0.15, -0.1) is 9.81 Å². The van der Waals surface area contributed by atoms with Gasteiger partial charge in [-0.05, 0) is 68.1 Å². The highest BCUT2D eigenvalue weighted by Gasteiger charge is 2.31. The molecule has 3 aromatic rings. The Bertz CT molecular complexity index is 1990. The second-order valence-electron chi connectivity index (χ2n) is 12.3. The number of hydrogen-bond donors (Lipinski definition) is 3. The summed E-state index contributed by atoms with van der Waals surface area (Å²) in [4.78, 5) is 92.6. The number of nitrogens with two attached hydrogens (primary N) is 3. The summed E-state index contributed by atoms with van der Waals surface area (Å²) in [6.07, 6.45) is 7.17. The van der Waals surface area contributed by atoms with Gasteiger partial charge in [-0.25, -0.2) is 14.4 Å². The maximum Gasteiger partial charge on any atom is 0.332 e. The van der Waals surface area contributed by atoms with Gasteiger partial charge in [-0.2, -0.15) is 0 Å². The van der Waals surface area contributed by atoms with Crippen LogP contribution in [0.4, 0.5) is 28.8 Å². The van der Waals surface area contributed by atoms with Crippen LogP contribution in [0.5, 0.6) is 0 Å². The largest absolute Gasteiger partial charge is 0.385 e. The maximum atomic E-state index is 12.1. The van der Waals surface area contributed by atoms with Crippen LogP contribution in [0.15, 0.2) is 45.2 Å². The zero-order chi connectivity index (χ0) is 36.2. The van der Waals surface area contributed by atoms with E-state index in [-0.39, 0.29) is 58.2 Å². The highest BCUT2D eigenvalue weighted by atomic mass is 16.3. The zero-order valence-corrected chi connectivity index (χ0v) is 27.9. The Kier molecular flexibility index (Phi) is 11.3. The molecule has 49 heavy (non-hydrogen) atoms. The summed E-state index contributed by atoms with van der Waals surface area (Å²) in [6.45, 7) is 7.05. The summed E-state index contributed by atoms with van der Waals surface area (Å²) < 4.78 is 7.49. The molecular weight excluding hydrogens is 642 g/mol. The molecule has 0 aliphatic heterocycles. The fourth-order valence-corrected chi connectivity index (χ4v) is 5.43. The summed E-state index contributed by atoms with van der Waals surface area (Å²) in [5.74, 6) is 0.00579. The lowest BCUT2D eigenvalue weighted by Gasteiger charge is -2.12. The van der Waals surface area contributed by atoms with E-state index in [2.05, 4.69) is 10.4 Å². The summed E-state index contributed by atoms with van der Waals surface area (Å²) in [6, 6.07) is 1.25. The molecule has 266 valence electrons. The van der Waals surface area contributed by atoms with Crippen LogP contribution in [0.3, 0.4) is 0 Å². The minimum atomic E-state index is -0.669. The van der Waals surface area contributed by atoms with E-state index in [0.717, 1.165) is 54.1 Å². The summed E-state index contributed by atoms with van der Waals surface area (Å²) in [7, 11) is 0. The lowest BCUT2D eigenvalue weighted by molar-refractivity contribution is 0.561. The van der Waals surface area contributed by atoms with Crippen molar-refractivity contribution in [3.05, 3.63) is 78.4 Å². The van der Waals surface area contributed by atoms with Crippen LogP contribution in [0.1, 0.15) is 96.7 Å². The topological polar surface area (TPSA) is 269 Å². The monoisotopic (exact) mass is 685 g/mol. The summed E-state index contributed by atoms with van der Waals surface area (Å²) >= 11 is 0. The van der Waals surface area contributed by atoms with Crippen molar-refractivity contribution < 1.29 is 0 Å². The van der Waals surface area contributed by atoms with Gasteiger partial charge in [0.1, 0.15) is 17.5 Å². The van der Waals surface area contributed by atoms with Gasteiger partial charge < -0.3 is 17.2 Å². The Morgan fingerprint density at radius 3 is 1.22 bits per heavy atom. The van der Waals surface area contributed by atoms with Crippen molar-refractivity contribution in [2.75, 3.05) is 17.2 Å². The Morgan fingerprint density at radius 2 is 0.898 bits per heavy atom. The number of nitroso groups, excluding NO2 is 2. The number of anilines is 3. The Balaban J connectivity index is 0.000000166. The maximum absolute atomic E-state index is 12.1. The first-order chi connectivity index (χ1) is 23.4. The molecule has 0 atom stereocenters. The molecule has 6 N–H and O–H groups in total. The Hall–Kier alpha value is -5.36. The summed E-state index contributed by atoms with van der Waals surface area (Å²) in [5.41, 5.74) is 13.4. The average Bonchev–Trinajstić information content (AvgIpc) is 3.89. The van der Waals surface area contributed by atoms with Gasteiger partial charge in [0, 0.05) is 43.8 Å². The van der Waals surface area contributed by atoms with Crippen molar-refractivity contribution in [3.63, 3.8) is 0 Å². The highest BCUT2D eigenvalue weighted by molar-refractivity contribution is 5.56. The first-order valence-electron chi connectivity index (χ1n) is 16.5. The Labute approximate surface area is 278 Å². The normalized spacial score (nSPS) is 15.1. The van der Waals surface area contributed by atoms with Crippen LogP contribution in [0.2, 0.25) is 0 Å². The van der Waals surface area contributed by atoms with E-state index in [1.165, 1.54) is 24.3 Å². The fraction of sp³-hybridized carbons (Fsp3) is 0.600. The van der Waals surface area contributed by atoms with Crippen molar-refractivity contribution >= 4 is 28.8 Å². The SMILES string of the molecule is CCCn1c(N)c(N=O)c(=O)n(C2CC2)c1=O.CCCn1c(N)c(N=O)c(=O)n(C2CC2)c1=O.CCCn1c(N)cc(=O)n(C2CC2)c1=O. The van der Waals surface area contributed by atoms with Gasteiger partial charge in [-0.1, -0.05) is 20.8 Å². The molecule has 0 spiro atoms. The lowest BCUT2D eigenvalue weighted by Crippen LogP contribution is -2.40. The number of aromatic nitrogens is 6. The van der Waals surface area contributed by atoms with Gasteiger partial charge in [0.25, 0.3) is 16.7 Å². The van der Waals surface area contributed by atoms with Gasteiger partial charge in [0.15, 0.2) is 0 Å². The van der Waals surface area contributed by atoms with Gasteiger partial charge >= 0.3 is 17.1 Å². The molecule has 0 unspecified atom stereocenters. The fourth-order valence-electron chi connectivity index (χ4n) is 5.43. The van der Waals surface area contributed by atoms with Crippen molar-refractivity contribution in [1.29, 1.82) is 0 Å². The van der Waals surface area contributed by atoms with Gasteiger partial charge in [-0.3, -0.25) is 41.8 Å². The van der Waals surface area contributed by atoms with Crippen LogP contribution < -0.4 is 50.9 Å². The third kappa shape index (κ3) is 7.54. The van der Waals surface area contributed by atoms with E-state index in [9.17, 15) is 38.6 Å². The molecule has 0 bridgehead atoms. The molecule has 3 heterocycles. The molecule has 6 rings (SSSR count). The van der Waals surface area contributed by atoms with Crippen molar-refractivity contribution in [3.8, 4) is 0 Å². The van der Waals surface area contributed by atoms with E-state index in [1.807, 2.05) is 20.8 Å². The highest BCUT2D eigenvalue weighted by Crippen LogP contribution is 2.34. The number of hydrogen-bond acceptors (Lipinski definition) is 13. The number of rotatable bonds is 11. The molecule has 0 radical (unpaired) electrons. The first kappa shape index (κ1) is 36.5. The molecule has 3 aromatic heterocycles. The van der Waals surface area contributed by atoms with Gasteiger partial charge in [0.05, 0.1) is 0 Å². The number of nitrogens with zero attached hydrogens (tertiary/aromatic N) is 8. The van der Waals surface area contributed by atoms with Crippen LogP contribution in [-0.2, 0) is 19.6 Å². The standard InChI is InChI=1S/2C10H14N4O3.C10H15N3O2/c2*1-2-5-13-8(11)7(12-17)9(15)14(10(13)16)6-3-4-6;1-2-5-12-8(11)6-9(14)13(10(12)15)7-3-4-7/h2*6H,2-5,11H2,1H3;6-7H,2-5,11H2,1H3. The summed E-state index contributed by atoms with van der Waals surface area (Å²) in [5, 5.41) is 5.31. The van der Waals surface area contributed by atoms with E-state index in [4.69, 9.17) is 17.2 Å². The molecule has 19 nitrogen and oxygen atoms in total. The molecular formula is C30H43N11O8. The molecule has 3 aliphatic rings. The molecule has 0 amide bonds.